The molecule has 0 bridgehead atoms. The lowest BCUT2D eigenvalue weighted by Crippen LogP contribution is -2.32. The van der Waals surface area contributed by atoms with Crippen molar-refractivity contribution >= 4 is 17.6 Å². The summed E-state index contributed by atoms with van der Waals surface area (Å²) in [5, 5.41) is 22.1. The Kier molecular flexibility index (Phi) is 5.40. The van der Waals surface area contributed by atoms with Crippen LogP contribution in [-0.4, -0.2) is 28.5 Å². The number of carbonyl (C=O) groups is 2. The predicted molar refractivity (Wildman–Crippen MR) is 75.8 cm³/mol. The van der Waals surface area contributed by atoms with Gasteiger partial charge in [0, 0.05) is 18.7 Å². The van der Waals surface area contributed by atoms with Crippen molar-refractivity contribution in [3.8, 4) is 0 Å². The van der Waals surface area contributed by atoms with Crippen LogP contribution in [0.3, 0.4) is 0 Å². The highest BCUT2D eigenvalue weighted by atomic mass is 16.6. The van der Waals surface area contributed by atoms with E-state index in [1.54, 1.807) is 13.8 Å². The molecular weight excluding hydrogens is 276 g/mol. The molecule has 0 saturated heterocycles. The molecule has 7 heteroatoms. The van der Waals surface area contributed by atoms with Gasteiger partial charge in [0.05, 0.1) is 16.8 Å². The first-order valence-electron chi connectivity index (χ1n) is 6.46. The average molecular weight is 294 g/mol. The summed E-state index contributed by atoms with van der Waals surface area (Å²) in [4.78, 5) is 32.6. The zero-order valence-corrected chi connectivity index (χ0v) is 12.0. The van der Waals surface area contributed by atoms with Gasteiger partial charge >= 0.3 is 5.97 Å². The molecule has 0 aromatic heterocycles. The number of hydrogen-bond acceptors (Lipinski definition) is 4. The first kappa shape index (κ1) is 16.6. The number of hydrogen-bond donors (Lipinski definition) is 2. The number of non-ortho nitro benzene ring substituents is 1. The van der Waals surface area contributed by atoms with Gasteiger partial charge < -0.3 is 10.4 Å². The largest absolute Gasteiger partial charge is 0.481 e. The zero-order chi connectivity index (χ0) is 16.0. The third-order valence-electron chi connectivity index (χ3n) is 3.16. The van der Waals surface area contributed by atoms with E-state index >= 15 is 0 Å². The lowest BCUT2D eigenvalue weighted by molar-refractivity contribution is -0.384. The molecule has 1 amide bonds. The SMILES string of the molecule is CC(C)(CCNC(=O)Cc1ccc([N+](=O)[O-])cc1)C(=O)O. The van der Waals surface area contributed by atoms with Gasteiger partial charge in [-0.1, -0.05) is 12.1 Å². The maximum Gasteiger partial charge on any atom is 0.309 e. The second-order valence-corrected chi connectivity index (χ2v) is 5.39. The second-order valence-electron chi connectivity index (χ2n) is 5.39. The maximum atomic E-state index is 11.7. The molecule has 1 aromatic carbocycles. The molecule has 1 rings (SSSR count). The third-order valence-corrected chi connectivity index (χ3v) is 3.16. The summed E-state index contributed by atoms with van der Waals surface area (Å²) in [5.41, 5.74) is -0.251. The number of rotatable bonds is 7. The number of carboxylic acid groups (broad SMARTS) is 1. The summed E-state index contributed by atoms with van der Waals surface area (Å²) >= 11 is 0. The number of carbonyl (C=O) groups excluding carboxylic acids is 1. The number of amides is 1. The Morgan fingerprint density at radius 1 is 1.29 bits per heavy atom. The van der Waals surface area contributed by atoms with E-state index in [2.05, 4.69) is 5.32 Å². The van der Waals surface area contributed by atoms with Crippen molar-refractivity contribution in [1.29, 1.82) is 0 Å². The number of aliphatic carboxylic acids is 1. The highest BCUT2D eigenvalue weighted by molar-refractivity contribution is 5.78. The molecule has 21 heavy (non-hydrogen) atoms. The summed E-state index contributed by atoms with van der Waals surface area (Å²) in [6.45, 7) is 3.46. The highest BCUT2D eigenvalue weighted by Crippen LogP contribution is 2.19. The van der Waals surface area contributed by atoms with Crippen molar-refractivity contribution in [3.05, 3.63) is 39.9 Å². The Balaban J connectivity index is 2.44. The molecule has 0 atom stereocenters. The molecule has 0 fully saturated rings. The molecule has 0 radical (unpaired) electrons. The topological polar surface area (TPSA) is 110 Å². The van der Waals surface area contributed by atoms with Crippen LogP contribution in [-0.2, 0) is 16.0 Å². The van der Waals surface area contributed by atoms with E-state index in [-0.39, 0.29) is 24.6 Å². The number of nitro groups is 1. The normalized spacial score (nSPS) is 11.0. The van der Waals surface area contributed by atoms with E-state index in [1.807, 2.05) is 0 Å². The van der Waals surface area contributed by atoms with Gasteiger partial charge in [0.2, 0.25) is 5.91 Å². The molecule has 0 aliphatic rings. The number of carboxylic acids is 1. The molecular formula is C14H18N2O5. The summed E-state index contributed by atoms with van der Waals surface area (Å²) in [7, 11) is 0. The van der Waals surface area contributed by atoms with Gasteiger partial charge in [-0.2, -0.15) is 0 Å². The molecule has 0 aliphatic carbocycles. The fraction of sp³-hybridized carbons (Fsp3) is 0.429. The minimum Gasteiger partial charge on any atom is -0.481 e. The Morgan fingerprint density at radius 2 is 1.86 bits per heavy atom. The fourth-order valence-electron chi connectivity index (χ4n) is 1.60. The van der Waals surface area contributed by atoms with Crippen molar-refractivity contribution in [2.75, 3.05) is 6.54 Å². The molecule has 114 valence electrons. The number of benzene rings is 1. The van der Waals surface area contributed by atoms with Crippen LogP contribution in [0.5, 0.6) is 0 Å². The van der Waals surface area contributed by atoms with Crippen LogP contribution in [0.25, 0.3) is 0 Å². The number of nitrogens with one attached hydrogen (secondary N) is 1. The summed E-state index contributed by atoms with van der Waals surface area (Å²) in [6.07, 6.45) is 0.430. The molecule has 0 unspecified atom stereocenters. The lowest BCUT2D eigenvalue weighted by atomic mass is 9.90. The highest BCUT2D eigenvalue weighted by Gasteiger charge is 2.26. The van der Waals surface area contributed by atoms with Crippen LogP contribution < -0.4 is 5.32 Å². The minimum atomic E-state index is -0.910. The van der Waals surface area contributed by atoms with E-state index < -0.39 is 16.3 Å². The van der Waals surface area contributed by atoms with E-state index in [1.165, 1.54) is 24.3 Å². The zero-order valence-electron chi connectivity index (χ0n) is 12.0. The molecule has 0 aliphatic heterocycles. The Labute approximate surface area is 122 Å². The van der Waals surface area contributed by atoms with Crippen LogP contribution in [0.1, 0.15) is 25.8 Å². The third kappa shape index (κ3) is 5.21. The monoisotopic (exact) mass is 294 g/mol. The Morgan fingerprint density at radius 3 is 2.33 bits per heavy atom. The van der Waals surface area contributed by atoms with Gasteiger partial charge in [-0.3, -0.25) is 19.7 Å². The molecule has 1 aromatic rings. The first-order valence-corrected chi connectivity index (χ1v) is 6.46. The molecule has 0 spiro atoms. The smallest absolute Gasteiger partial charge is 0.309 e. The van der Waals surface area contributed by atoms with Crippen molar-refractivity contribution in [1.82, 2.24) is 5.32 Å². The molecule has 0 saturated carbocycles. The second kappa shape index (κ2) is 6.83. The molecule has 7 nitrogen and oxygen atoms in total. The summed E-state index contributed by atoms with van der Waals surface area (Å²) in [6, 6.07) is 5.74. The van der Waals surface area contributed by atoms with Crippen LogP contribution >= 0.6 is 0 Å². The number of nitrogens with zero attached hydrogens (tertiary/aromatic N) is 1. The molecule has 0 heterocycles. The van der Waals surface area contributed by atoms with Gasteiger partial charge in [0.25, 0.3) is 5.69 Å². The lowest BCUT2D eigenvalue weighted by Gasteiger charge is -2.18. The summed E-state index contributed by atoms with van der Waals surface area (Å²) in [5.74, 6) is -1.16. The quantitative estimate of drug-likeness (QED) is 0.588. The van der Waals surface area contributed by atoms with E-state index in [0.717, 1.165) is 0 Å². The molecule has 2 N–H and O–H groups in total. The maximum absolute atomic E-state index is 11.7. The standard InChI is InChI=1S/C14H18N2O5/c1-14(2,13(18)19)7-8-15-12(17)9-10-3-5-11(6-4-10)16(20)21/h3-6H,7-9H2,1-2H3,(H,15,17)(H,18,19). The van der Waals surface area contributed by atoms with Gasteiger partial charge in [0.15, 0.2) is 0 Å². The van der Waals surface area contributed by atoms with Crippen molar-refractivity contribution in [2.24, 2.45) is 5.41 Å². The van der Waals surface area contributed by atoms with Crippen molar-refractivity contribution in [3.63, 3.8) is 0 Å². The Bertz CT molecular complexity index is 537. The van der Waals surface area contributed by atoms with Crippen molar-refractivity contribution in [2.45, 2.75) is 26.7 Å². The Hall–Kier alpha value is -2.44. The number of nitro benzene ring substituents is 1. The van der Waals surface area contributed by atoms with Crippen LogP contribution in [0.2, 0.25) is 0 Å². The van der Waals surface area contributed by atoms with Crippen LogP contribution in [0, 0.1) is 15.5 Å². The van der Waals surface area contributed by atoms with Gasteiger partial charge in [-0.05, 0) is 25.8 Å². The van der Waals surface area contributed by atoms with Crippen LogP contribution in [0.4, 0.5) is 5.69 Å². The van der Waals surface area contributed by atoms with Gasteiger partial charge in [0.1, 0.15) is 0 Å². The van der Waals surface area contributed by atoms with Crippen molar-refractivity contribution < 1.29 is 19.6 Å². The average Bonchev–Trinajstić information content (AvgIpc) is 2.38. The van der Waals surface area contributed by atoms with E-state index in [0.29, 0.717) is 12.0 Å². The van der Waals surface area contributed by atoms with Crippen LogP contribution in [0.15, 0.2) is 24.3 Å². The summed E-state index contributed by atoms with van der Waals surface area (Å²) < 4.78 is 0. The van der Waals surface area contributed by atoms with E-state index in [4.69, 9.17) is 5.11 Å². The first-order chi connectivity index (χ1) is 9.72. The van der Waals surface area contributed by atoms with Gasteiger partial charge in [-0.15, -0.1) is 0 Å². The van der Waals surface area contributed by atoms with E-state index in [9.17, 15) is 19.7 Å². The van der Waals surface area contributed by atoms with Gasteiger partial charge in [-0.25, -0.2) is 0 Å². The fourth-order valence-corrected chi connectivity index (χ4v) is 1.60. The predicted octanol–water partition coefficient (Wildman–Crippen LogP) is 1.75. The minimum absolute atomic E-state index is 0.0256.